The van der Waals surface area contributed by atoms with Gasteiger partial charge in [-0.25, -0.2) is 11.0 Å². The number of fused-ring (bicyclic) bond motifs is 1. The zero-order valence-corrected chi connectivity index (χ0v) is 19.6. The van der Waals surface area contributed by atoms with Gasteiger partial charge in [0.25, 0.3) is 0 Å². The number of esters is 1. The number of nitrogens with two attached hydrogens (primary N) is 2. The minimum atomic E-state index is -0.280. The maximum Gasteiger partial charge on any atom is 0.305 e. The van der Waals surface area contributed by atoms with Crippen molar-refractivity contribution in [1.29, 1.82) is 0 Å². The lowest BCUT2D eigenvalue weighted by molar-refractivity contribution is -0.143. The number of nitrogens with zero attached hydrogens (tertiary/aromatic N) is 2. The SMILES string of the molecule is CCOC(=O)CCCN(N)/N=C(\N)c1ccc(C2=CC3(CCNCC3)Oc3ccccc32)cc1. The van der Waals surface area contributed by atoms with E-state index in [9.17, 15) is 4.79 Å². The van der Waals surface area contributed by atoms with Crippen molar-refractivity contribution in [3.8, 4) is 5.75 Å². The number of hydrogen-bond acceptors (Lipinski definition) is 7. The number of carbonyl (C=O) groups is 1. The number of benzene rings is 2. The molecule has 180 valence electrons. The van der Waals surface area contributed by atoms with Gasteiger partial charge >= 0.3 is 5.97 Å². The maximum atomic E-state index is 11.4. The number of carbonyl (C=O) groups excluding carboxylic acids is 1. The molecule has 34 heavy (non-hydrogen) atoms. The number of amidine groups is 1. The highest BCUT2D eigenvalue weighted by molar-refractivity contribution is 5.98. The monoisotopic (exact) mass is 463 g/mol. The second-order valence-corrected chi connectivity index (χ2v) is 8.61. The lowest BCUT2D eigenvalue weighted by Crippen LogP contribution is -2.46. The summed E-state index contributed by atoms with van der Waals surface area (Å²) in [6.07, 6.45) is 4.99. The fraction of sp³-hybridized carbons (Fsp3) is 0.385. The first-order valence-electron chi connectivity index (χ1n) is 11.8. The van der Waals surface area contributed by atoms with Crippen LogP contribution in [0.2, 0.25) is 0 Å². The number of piperidine rings is 1. The van der Waals surface area contributed by atoms with E-state index in [1.165, 1.54) is 10.7 Å². The number of para-hydroxylation sites is 1. The highest BCUT2D eigenvalue weighted by atomic mass is 16.5. The van der Waals surface area contributed by atoms with E-state index in [0.717, 1.165) is 48.4 Å². The second kappa shape index (κ2) is 10.7. The van der Waals surface area contributed by atoms with Crippen LogP contribution in [0.4, 0.5) is 0 Å². The Morgan fingerprint density at radius 1 is 1.18 bits per heavy atom. The fourth-order valence-electron chi connectivity index (χ4n) is 4.39. The lowest BCUT2D eigenvalue weighted by atomic mass is 9.83. The van der Waals surface area contributed by atoms with Crippen molar-refractivity contribution in [1.82, 2.24) is 10.4 Å². The summed E-state index contributed by atoms with van der Waals surface area (Å²) < 4.78 is 11.4. The van der Waals surface area contributed by atoms with Gasteiger partial charge in [0.2, 0.25) is 0 Å². The zero-order valence-electron chi connectivity index (χ0n) is 19.6. The van der Waals surface area contributed by atoms with Gasteiger partial charge in [-0.2, -0.15) is 0 Å². The summed E-state index contributed by atoms with van der Waals surface area (Å²) in [5.41, 5.74) is 10.1. The quantitative estimate of drug-likeness (QED) is 0.181. The molecular formula is C26H33N5O3. The molecule has 2 aliphatic heterocycles. The van der Waals surface area contributed by atoms with Gasteiger partial charge in [0, 0.05) is 30.4 Å². The molecular weight excluding hydrogens is 430 g/mol. The van der Waals surface area contributed by atoms with Crippen LogP contribution in [0.5, 0.6) is 5.75 Å². The van der Waals surface area contributed by atoms with Crippen molar-refractivity contribution in [2.75, 3.05) is 26.2 Å². The third-order valence-electron chi connectivity index (χ3n) is 6.15. The van der Waals surface area contributed by atoms with E-state index in [4.69, 9.17) is 21.1 Å². The van der Waals surface area contributed by atoms with Gasteiger partial charge < -0.3 is 20.5 Å². The Morgan fingerprint density at radius 3 is 2.65 bits per heavy atom. The first-order chi connectivity index (χ1) is 16.5. The summed E-state index contributed by atoms with van der Waals surface area (Å²) in [6.45, 7) is 4.44. The van der Waals surface area contributed by atoms with Crippen LogP contribution < -0.4 is 21.6 Å². The number of nitrogens with one attached hydrogen (secondary N) is 1. The lowest BCUT2D eigenvalue weighted by Gasteiger charge is -2.40. The molecule has 1 saturated heterocycles. The number of rotatable bonds is 8. The molecule has 0 amide bonds. The number of ether oxygens (including phenoxy) is 2. The van der Waals surface area contributed by atoms with Crippen LogP contribution in [0.3, 0.4) is 0 Å². The van der Waals surface area contributed by atoms with Crippen LogP contribution in [-0.4, -0.2) is 48.8 Å². The molecule has 0 atom stereocenters. The van der Waals surface area contributed by atoms with Crippen LogP contribution in [0.1, 0.15) is 49.3 Å². The van der Waals surface area contributed by atoms with E-state index in [1.807, 2.05) is 30.3 Å². The Morgan fingerprint density at radius 2 is 1.91 bits per heavy atom. The molecule has 2 aliphatic rings. The summed E-state index contributed by atoms with van der Waals surface area (Å²) >= 11 is 0. The van der Waals surface area contributed by atoms with Crippen molar-refractivity contribution in [3.63, 3.8) is 0 Å². The molecule has 2 aromatic rings. The predicted molar refractivity (Wildman–Crippen MR) is 133 cm³/mol. The van der Waals surface area contributed by atoms with E-state index in [2.05, 4.69) is 34.7 Å². The zero-order chi connectivity index (χ0) is 24.0. The minimum absolute atomic E-state index is 0.237. The summed E-state index contributed by atoms with van der Waals surface area (Å²) in [6, 6.07) is 16.2. The molecule has 0 aliphatic carbocycles. The van der Waals surface area contributed by atoms with Gasteiger partial charge in [-0.05, 0) is 49.7 Å². The van der Waals surface area contributed by atoms with E-state index in [-0.39, 0.29) is 11.6 Å². The van der Waals surface area contributed by atoms with Gasteiger partial charge in [0.05, 0.1) is 13.2 Å². The topological polar surface area (TPSA) is 115 Å². The molecule has 1 fully saturated rings. The van der Waals surface area contributed by atoms with Crippen molar-refractivity contribution in [2.45, 2.75) is 38.2 Å². The Hall–Kier alpha value is -3.36. The van der Waals surface area contributed by atoms with Gasteiger partial charge in [-0.15, -0.1) is 5.10 Å². The third-order valence-corrected chi connectivity index (χ3v) is 6.15. The molecule has 2 heterocycles. The Labute approximate surface area is 200 Å². The molecule has 8 nitrogen and oxygen atoms in total. The Balaban J connectivity index is 1.49. The number of hydrazine groups is 1. The van der Waals surface area contributed by atoms with Crippen LogP contribution in [0.15, 0.2) is 59.7 Å². The second-order valence-electron chi connectivity index (χ2n) is 8.61. The first-order valence-corrected chi connectivity index (χ1v) is 11.8. The molecule has 5 N–H and O–H groups in total. The first kappa shape index (κ1) is 23.8. The molecule has 0 radical (unpaired) electrons. The highest BCUT2D eigenvalue weighted by Gasteiger charge is 2.36. The summed E-state index contributed by atoms with van der Waals surface area (Å²) in [4.78, 5) is 11.4. The molecule has 2 aromatic carbocycles. The normalized spacial score (nSPS) is 16.9. The van der Waals surface area contributed by atoms with Gasteiger partial charge in [0.15, 0.2) is 5.84 Å². The average molecular weight is 464 g/mol. The molecule has 8 heteroatoms. The molecule has 4 rings (SSSR count). The molecule has 0 saturated carbocycles. The van der Waals surface area contributed by atoms with E-state index in [0.29, 0.717) is 31.8 Å². The van der Waals surface area contributed by atoms with Crippen LogP contribution in [0.25, 0.3) is 5.57 Å². The summed E-state index contributed by atoms with van der Waals surface area (Å²) in [5.74, 6) is 6.94. The predicted octanol–water partition coefficient (Wildman–Crippen LogP) is 2.77. The number of hydrazone groups is 1. The minimum Gasteiger partial charge on any atom is -0.482 e. The Bertz CT molecular complexity index is 1060. The van der Waals surface area contributed by atoms with Crippen LogP contribution in [0, 0.1) is 0 Å². The number of hydrogen-bond donors (Lipinski definition) is 3. The third kappa shape index (κ3) is 5.58. The van der Waals surface area contributed by atoms with Gasteiger partial charge in [0.1, 0.15) is 11.4 Å². The van der Waals surface area contributed by atoms with Crippen molar-refractivity contribution in [2.24, 2.45) is 16.7 Å². The van der Waals surface area contributed by atoms with Gasteiger partial charge in [-0.1, -0.05) is 42.5 Å². The van der Waals surface area contributed by atoms with E-state index < -0.39 is 0 Å². The summed E-state index contributed by atoms with van der Waals surface area (Å²) in [7, 11) is 0. The Kier molecular flexibility index (Phi) is 7.49. The van der Waals surface area contributed by atoms with E-state index in [1.54, 1.807) is 6.92 Å². The van der Waals surface area contributed by atoms with Crippen LogP contribution >= 0.6 is 0 Å². The molecule has 0 bridgehead atoms. The maximum absolute atomic E-state index is 11.4. The smallest absolute Gasteiger partial charge is 0.305 e. The van der Waals surface area contributed by atoms with E-state index >= 15 is 0 Å². The molecule has 0 unspecified atom stereocenters. The van der Waals surface area contributed by atoms with Gasteiger partial charge in [-0.3, -0.25) is 4.79 Å². The molecule has 0 aromatic heterocycles. The van der Waals surface area contributed by atoms with Crippen LogP contribution in [-0.2, 0) is 9.53 Å². The molecule has 1 spiro atoms. The average Bonchev–Trinajstić information content (AvgIpc) is 2.84. The standard InChI is InChI=1S/C26H33N5O3/c1-2-33-24(32)8-5-17-31(28)30-25(27)20-11-9-19(10-12-20)22-18-26(13-15-29-16-14-26)34-23-7-4-3-6-21(22)23/h3-4,6-7,9-12,18,29H,2,5,8,13-17,28H2,1H3,(H2,27,30). The summed E-state index contributed by atoms with van der Waals surface area (Å²) in [5, 5.41) is 8.93. The van der Waals surface area contributed by atoms with Crippen molar-refractivity contribution < 1.29 is 14.3 Å². The highest BCUT2D eigenvalue weighted by Crippen LogP contribution is 2.42. The largest absolute Gasteiger partial charge is 0.482 e. The van der Waals surface area contributed by atoms with Crippen molar-refractivity contribution in [3.05, 3.63) is 71.3 Å². The fourth-order valence-corrected chi connectivity index (χ4v) is 4.39. The van der Waals surface area contributed by atoms with Crippen molar-refractivity contribution >= 4 is 17.4 Å².